The third-order valence-corrected chi connectivity index (χ3v) is 10.5. The fourth-order valence-electron chi connectivity index (χ4n) is 6.31. The van der Waals surface area contributed by atoms with E-state index in [2.05, 4.69) is 41.7 Å². The number of unbranched alkanes of at least 4 members (excludes halogenated alkanes) is 2. The number of carbonyl (C=O) groups is 6. The molecule has 47 heavy (non-hydrogen) atoms. The van der Waals surface area contributed by atoms with Gasteiger partial charge in [0.1, 0.15) is 18.1 Å². The van der Waals surface area contributed by atoms with E-state index in [1.807, 2.05) is 27.7 Å². The zero-order chi connectivity index (χ0) is 35.3. The summed E-state index contributed by atoms with van der Waals surface area (Å²) >= 11 is 1.12. The number of amides is 5. The summed E-state index contributed by atoms with van der Waals surface area (Å²) in [6.07, 6.45) is 6.11. The van der Waals surface area contributed by atoms with Crippen molar-refractivity contribution in [2.75, 3.05) is 13.1 Å². The Balaban J connectivity index is 1.79. The molecule has 3 aliphatic rings. The summed E-state index contributed by atoms with van der Waals surface area (Å²) in [4.78, 5) is 81.5. The van der Waals surface area contributed by atoms with Crippen molar-refractivity contribution in [3.8, 4) is 0 Å². The number of nitrogens with one attached hydrogen (secondary N) is 4. The average Bonchev–Trinajstić information content (AvgIpc) is 3.86. The van der Waals surface area contributed by atoms with E-state index in [-0.39, 0.29) is 29.7 Å². The molecule has 2 saturated carbocycles. The summed E-state index contributed by atoms with van der Waals surface area (Å²) in [5.74, 6) is -3.35. The highest BCUT2D eigenvalue weighted by Gasteiger charge is 2.70. The Labute approximate surface area is 283 Å². The zero-order valence-electron chi connectivity index (χ0n) is 29.3. The molecule has 3 rings (SSSR count). The van der Waals surface area contributed by atoms with E-state index in [0.717, 1.165) is 37.7 Å². The standard InChI is InChI=1S/C34H55N5O7S/c1-10-12-13-14-22(26(40)29(42)35-17-11-2)36-28(41)25-23-21(34(23,8)9)18-39(25)30(43)27(33(5,6)7)38-32(45)37-24(19(3)4)31(44)46-47-20-15-16-20/h11,19-25,27H,2,10,12-18H2,1,3-9H3,(H,35,42)(H,36,41)(H2,37,38,45)/t21-,22?,23?,24-,25-,27+/m0/s1. The number of likely N-dealkylation sites (tertiary alicyclic amines) is 1. The second kappa shape index (κ2) is 15.9. The molecule has 13 heteroatoms. The third-order valence-electron chi connectivity index (χ3n) is 9.51. The normalized spacial score (nSPS) is 23.1. The van der Waals surface area contributed by atoms with Gasteiger partial charge in [0.25, 0.3) is 5.91 Å². The fourth-order valence-corrected chi connectivity index (χ4v) is 6.97. The summed E-state index contributed by atoms with van der Waals surface area (Å²) in [6, 6.07) is -4.56. The predicted molar refractivity (Wildman–Crippen MR) is 181 cm³/mol. The first-order valence-electron chi connectivity index (χ1n) is 16.9. The molecule has 2 unspecified atom stereocenters. The molecule has 6 atom stereocenters. The van der Waals surface area contributed by atoms with Gasteiger partial charge in [-0.15, -0.1) is 6.58 Å². The number of hydrogen-bond acceptors (Lipinski definition) is 8. The van der Waals surface area contributed by atoms with Gasteiger partial charge in [-0.3, -0.25) is 19.2 Å². The minimum atomic E-state index is -1.04. The molecule has 0 spiro atoms. The summed E-state index contributed by atoms with van der Waals surface area (Å²) < 4.78 is 5.34. The summed E-state index contributed by atoms with van der Waals surface area (Å²) in [5, 5.41) is 11.1. The van der Waals surface area contributed by atoms with Crippen LogP contribution in [0.5, 0.6) is 0 Å². The molecule has 3 fully saturated rings. The van der Waals surface area contributed by atoms with E-state index < -0.39 is 65.1 Å². The maximum atomic E-state index is 14.3. The number of fused-ring (bicyclic) bond motifs is 1. The first-order valence-corrected chi connectivity index (χ1v) is 17.7. The van der Waals surface area contributed by atoms with Gasteiger partial charge in [0.05, 0.1) is 18.1 Å². The molecule has 12 nitrogen and oxygen atoms in total. The molecular formula is C34H55N5O7S. The van der Waals surface area contributed by atoms with Gasteiger partial charge in [-0.05, 0) is 47.8 Å². The van der Waals surface area contributed by atoms with Gasteiger partial charge in [-0.25, -0.2) is 9.59 Å². The SMILES string of the molecule is C=CCNC(=O)C(=O)C(CCCCC)NC(=O)[C@@H]1C2[C@H](CN1C(=O)[C@@H](NC(=O)N[C@H](C(=O)OSC1CC1)C(C)C)C(C)(C)C)C2(C)C. The van der Waals surface area contributed by atoms with Gasteiger partial charge < -0.3 is 30.4 Å². The van der Waals surface area contributed by atoms with Crippen LogP contribution in [0.3, 0.4) is 0 Å². The van der Waals surface area contributed by atoms with Crippen LogP contribution in [0.1, 0.15) is 93.9 Å². The van der Waals surface area contributed by atoms with Gasteiger partial charge in [0.15, 0.2) is 0 Å². The lowest BCUT2D eigenvalue weighted by Crippen LogP contribution is -2.62. The van der Waals surface area contributed by atoms with Crippen molar-refractivity contribution in [1.29, 1.82) is 0 Å². The fraction of sp³-hybridized carbons (Fsp3) is 0.765. The number of rotatable bonds is 17. The quantitative estimate of drug-likeness (QED) is 0.0787. The van der Waals surface area contributed by atoms with Crippen molar-refractivity contribution in [3.05, 3.63) is 12.7 Å². The maximum Gasteiger partial charge on any atom is 0.340 e. The molecule has 0 aromatic carbocycles. The van der Waals surface area contributed by atoms with Crippen LogP contribution >= 0.6 is 12.0 Å². The Bertz CT molecular complexity index is 1210. The van der Waals surface area contributed by atoms with E-state index >= 15 is 0 Å². The number of Topliss-reactive ketones (excluding diaryl/α,β-unsaturated/α-hetero) is 1. The van der Waals surface area contributed by atoms with E-state index in [0.29, 0.717) is 24.6 Å². The first kappa shape index (κ1) is 38.4. The number of hydrogen-bond donors (Lipinski definition) is 4. The van der Waals surface area contributed by atoms with Crippen LogP contribution in [0.4, 0.5) is 4.79 Å². The molecule has 0 radical (unpaired) electrons. The Hall–Kier alpha value is -3.09. The van der Waals surface area contributed by atoms with Crippen LogP contribution in [0, 0.1) is 28.6 Å². The predicted octanol–water partition coefficient (Wildman–Crippen LogP) is 3.50. The highest BCUT2D eigenvalue weighted by Crippen LogP contribution is 2.65. The number of ketones is 1. The second-order valence-electron chi connectivity index (χ2n) is 15.1. The Morgan fingerprint density at radius 2 is 1.70 bits per heavy atom. The lowest BCUT2D eigenvalue weighted by molar-refractivity contribution is -0.145. The number of piperidine rings is 1. The largest absolute Gasteiger partial charge is 0.390 e. The van der Waals surface area contributed by atoms with E-state index in [9.17, 15) is 28.8 Å². The number of urea groups is 1. The molecular weight excluding hydrogens is 622 g/mol. The highest BCUT2D eigenvalue weighted by atomic mass is 32.2. The van der Waals surface area contributed by atoms with Crippen molar-refractivity contribution in [2.45, 2.75) is 123 Å². The number of nitrogens with zero attached hydrogens (tertiary/aromatic N) is 1. The Morgan fingerprint density at radius 3 is 2.26 bits per heavy atom. The van der Waals surface area contributed by atoms with Crippen molar-refractivity contribution in [1.82, 2.24) is 26.2 Å². The molecule has 2 aliphatic carbocycles. The summed E-state index contributed by atoms with van der Waals surface area (Å²) in [5.41, 5.74) is -0.956. The third kappa shape index (κ3) is 9.73. The van der Waals surface area contributed by atoms with Crippen molar-refractivity contribution in [2.24, 2.45) is 28.6 Å². The molecule has 0 bridgehead atoms. The van der Waals surface area contributed by atoms with Crippen molar-refractivity contribution < 1.29 is 33.0 Å². The van der Waals surface area contributed by atoms with Crippen LogP contribution in [0.15, 0.2) is 12.7 Å². The van der Waals surface area contributed by atoms with Crippen LogP contribution in [0.25, 0.3) is 0 Å². The molecule has 1 saturated heterocycles. The van der Waals surface area contributed by atoms with E-state index in [4.69, 9.17) is 4.18 Å². The second-order valence-corrected chi connectivity index (χ2v) is 16.2. The van der Waals surface area contributed by atoms with Crippen LogP contribution < -0.4 is 21.3 Å². The van der Waals surface area contributed by atoms with Crippen LogP contribution in [0.2, 0.25) is 0 Å². The van der Waals surface area contributed by atoms with Gasteiger partial charge in [-0.1, -0.05) is 80.7 Å². The number of carbonyl (C=O) groups excluding carboxylic acids is 6. The lowest BCUT2D eigenvalue weighted by atomic mass is 9.85. The minimum absolute atomic E-state index is 0.0610. The molecule has 5 amide bonds. The van der Waals surface area contributed by atoms with Gasteiger partial charge in [0.2, 0.25) is 17.6 Å². The molecule has 264 valence electrons. The van der Waals surface area contributed by atoms with Crippen molar-refractivity contribution in [3.63, 3.8) is 0 Å². The monoisotopic (exact) mass is 677 g/mol. The van der Waals surface area contributed by atoms with Crippen LogP contribution in [-0.4, -0.2) is 82.9 Å². The summed E-state index contributed by atoms with van der Waals surface area (Å²) in [6.45, 7) is 19.2. The Morgan fingerprint density at radius 1 is 1.04 bits per heavy atom. The zero-order valence-corrected chi connectivity index (χ0v) is 30.1. The average molecular weight is 678 g/mol. The smallest absolute Gasteiger partial charge is 0.340 e. The van der Waals surface area contributed by atoms with Gasteiger partial charge in [0, 0.05) is 18.3 Å². The van der Waals surface area contributed by atoms with E-state index in [1.165, 1.54) is 11.0 Å². The van der Waals surface area contributed by atoms with Crippen LogP contribution in [-0.2, 0) is 28.2 Å². The van der Waals surface area contributed by atoms with Gasteiger partial charge in [-0.2, -0.15) is 0 Å². The van der Waals surface area contributed by atoms with Crippen molar-refractivity contribution >= 4 is 47.5 Å². The molecule has 0 aromatic rings. The molecule has 0 aromatic heterocycles. The van der Waals surface area contributed by atoms with Gasteiger partial charge >= 0.3 is 12.0 Å². The maximum absolute atomic E-state index is 14.3. The molecule has 4 N–H and O–H groups in total. The topological polar surface area (TPSA) is 163 Å². The highest BCUT2D eigenvalue weighted by molar-refractivity contribution is 7.95. The minimum Gasteiger partial charge on any atom is -0.390 e. The Kier molecular flexibility index (Phi) is 13.0. The first-order chi connectivity index (χ1) is 21.9. The molecule has 1 heterocycles. The lowest BCUT2D eigenvalue weighted by Gasteiger charge is -2.38. The molecule has 1 aliphatic heterocycles. The summed E-state index contributed by atoms with van der Waals surface area (Å²) in [7, 11) is 0. The van der Waals surface area contributed by atoms with E-state index in [1.54, 1.807) is 13.8 Å².